The third-order valence-electron chi connectivity index (χ3n) is 4.29. The van der Waals surface area contributed by atoms with Gasteiger partial charge in [0.05, 0.1) is 23.8 Å². The number of carbonyl (C=O) groups excluding carboxylic acids is 1. The van der Waals surface area contributed by atoms with Crippen molar-refractivity contribution in [3.8, 4) is 11.5 Å². The minimum absolute atomic E-state index is 0.0647. The molecule has 1 aliphatic rings. The van der Waals surface area contributed by atoms with E-state index in [0.717, 1.165) is 23.4 Å². The van der Waals surface area contributed by atoms with E-state index >= 15 is 0 Å². The van der Waals surface area contributed by atoms with Gasteiger partial charge in [0.15, 0.2) is 16.7 Å². The first-order valence-electron chi connectivity index (χ1n) is 9.74. The maximum absolute atomic E-state index is 12.7. The smallest absolute Gasteiger partial charge is 0.266 e. The Morgan fingerprint density at radius 3 is 2.52 bits per heavy atom. The fraction of sp³-hybridized carbons (Fsp3) is 0.304. The van der Waals surface area contributed by atoms with Crippen LogP contribution in [0, 0.1) is 6.92 Å². The first kappa shape index (κ1) is 21.0. The molecule has 0 N–H and O–H groups in total. The van der Waals surface area contributed by atoms with E-state index in [4.69, 9.17) is 9.47 Å². The molecule has 152 valence electrons. The molecule has 1 amide bonds. The number of likely N-dealkylation sites (N-methyl/N-ethyl adjacent to an activating group) is 1. The number of hydrogen-bond acceptors (Lipinski definition) is 5. The van der Waals surface area contributed by atoms with Crippen LogP contribution in [-0.2, 0) is 4.79 Å². The van der Waals surface area contributed by atoms with Gasteiger partial charge in [-0.1, -0.05) is 30.7 Å². The number of nitrogens with zero attached hydrogens (tertiary/aromatic N) is 2. The summed E-state index contributed by atoms with van der Waals surface area (Å²) in [4.78, 5) is 19.5. The van der Waals surface area contributed by atoms with Crippen LogP contribution < -0.4 is 9.47 Å². The van der Waals surface area contributed by atoms with Gasteiger partial charge in [0.2, 0.25) is 0 Å². The molecule has 0 aromatic heterocycles. The number of benzene rings is 2. The van der Waals surface area contributed by atoms with E-state index < -0.39 is 0 Å². The Bertz CT molecular complexity index is 936. The van der Waals surface area contributed by atoms with Gasteiger partial charge in [0.1, 0.15) is 0 Å². The summed E-state index contributed by atoms with van der Waals surface area (Å²) in [6.45, 7) is 7.22. The van der Waals surface area contributed by atoms with Crippen LogP contribution in [0.3, 0.4) is 0 Å². The second-order valence-electron chi connectivity index (χ2n) is 6.69. The summed E-state index contributed by atoms with van der Waals surface area (Å²) >= 11 is 1.37. The van der Waals surface area contributed by atoms with Crippen molar-refractivity contribution in [2.24, 2.45) is 4.99 Å². The molecule has 0 spiro atoms. The van der Waals surface area contributed by atoms with Crippen LogP contribution in [0.25, 0.3) is 6.08 Å². The lowest BCUT2D eigenvalue weighted by Gasteiger charge is -2.12. The summed E-state index contributed by atoms with van der Waals surface area (Å²) in [5.41, 5.74) is 2.89. The Morgan fingerprint density at radius 1 is 1.07 bits per heavy atom. The number of rotatable bonds is 7. The van der Waals surface area contributed by atoms with E-state index in [1.54, 1.807) is 11.9 Å². The number of carbonyl (C=O) groups is 1. The molecule has 2 aromatic carbocycles. The third-order valence-corrected chi connectivity index (χ3v) is 5.35. The molecular weight excluding hydrogens is 384 g/mol. The van der Waals surface area contributed by atoms with Gasteiger partial charge >= 0.3 is 0 Å². The topological polar surface area (TPSA) is 51.1 Å². The van der Waals surface area contributed by atoms with Gasteiger partial charge < -0.3 is 9.47 Å². The average molecular weight is 411 g/mol. The molecule has 6 heteroatoms. The highest BCUT2D eigenvalue weighted by molar-refractivity contribution is 8.18. The van der Waals surface area contributed by atoms with Crippen molar-refractivity contribution in [2.75, 3.05) is 20.3 Å². The van der Waals surface area contributed by atoms with Crippen LogP contribution in [0.4, 0.5) is 5.69 Å². The molecule has 1 fully saturated rings. The molecule has 29 heavy (non-hydrogen) atoms. The van der Waals surface area contributed by atoms with E-state index in [0.29, 0.717) is 29.0 Å². The zero-order chi connectivity index (χ0) is 20.8. The van der Waals surface area contributed by atoms with Crippen LogP contribution in [-0.4, -0.2) is 36.2 Å². The van der Waals surface area contributed by atoms with Crippen LogP contribution >= 0.6 is 11.8 Å². The molecule has 0 radical (unpaired) electrons. The maximum atomic E-state index is 12.7. The lowest BCUT2D eigenvalue weighted by molar-refractivity contribution is -0.121. The van der Waals surface area contributed by atoms with Crippen molar-refractivity contribution in [3.63, 3.8) is 0 Å². The van der Waals surface area contributed by atoms with Crippen molar-refractivity contribution < 1.29 is 14.3 Å². The minimum Gasteiger partial charge on any atom is -0.490 e. The zero-order valence-corrected chi connectivity index (χ0v) is 18.1. The van der Waals surface area contributed by atoms with Gasteiger partial charge in [-0.25, -0.2) is 4.99 Å². The first-order valence-corrected chi connectivity index (χ1v) is 10.6. The number of hydrogen-bond donors (Lipinski definition) is 0. The summed E-state index contributed by atoms with van der Waals surface area (Å²) in [5, 5.41) is 0.665. The molecule has 0 aliphatic carbocycles. The van der Waals surface area contributed by atoms with E-state index in [1.807, 2.05) is 62.4 Å². The Balaban J connectivity index is 1.85. The summed E-state index contributed by atoms with van der Waals surface area (Å²) < 4.78 is 11.5. The maximum Gasteiger partial charge on any atom is 0.266 e. The Hall–Kier alpha value is -2.73. The number of amidine groups is 1. The average Bonchev–Trinajstić information content (AvgIpc) is 2.97. The fourth-order valence-electron chi connectivity index (χ4n) is 2.75. The van der Waals surface area contributed by atoms with Crippen molar-refractivity contribution in [2.45, 2.75) is 27.2 Å². The quantitative estimate of drug-likeness (QED) is 0.572. The molecule has 1 saturated heterocycles. The number of aliphatic imine (C=N–C) groups is 1. The number of ether oxygens (including phenoxy) is 2. The Labute approximate surface area is 176 Å². The van der Waals surface area contributed by atoms with Gasteiger partial charge in [-0.3, -0.25) is 9.69 Å². The molecule has 0 unspecified atom stereocenters. The van der Waals surface area contributed by atoms with Gasteiger partial charge in [-0.15, -0.1) is 0 Å². The molecule has 0 saturated carbocycles. The summed E-state index contributed by atoms with van der Waals surface area (Å²) in [5.74, 6) is 1.35. The van der Waals surface area contributed by atoms with Crippen LogP contribution in [0.2, 0.25) is 0 Å². The van der Waals surface area contributed by atoms with Gasteiger partial charge in [-0.2, -0.15) is 0 Å². The van der Waals surface area contributed by atoms with Crippen LogP contribution in [0.1, 0.15) is 31.4 Å². The number of amides is 1. The van der Waals surface area contributed by atoms with Crippen molar-refractivity contribution in [3.05, 3.63) is 58.5 Å². The second-order valence-corrected chi connectivity index (χ2v) is 7.70. The van der Waals surface area contributed by atoms with Crippen LogP contribution in [0.5, 0.6) is 11.5 Å². The fourth-order valence-corrected chi connectivity index (χ4v) is 3.73. The van der Waals surface area contributed by atoms with E-state index in [9.17, 15) is 4.79 Å². The largest absolute Gasteiger partial charge is 0.490 e. The third kappa shape index (κ3) is 5.21. The van der Waals surface area contributed by atoms with Crippen molar-refractivity contribution in [1.82, 2.24) is 4.90 Å². The van der Waals surface area contributed by atoms with E-state index in [2.05, 4.69) is 11.9 Å². The normalized spacial score (nSPS) is 16.7. The lowest BCUT2D eigenvalue weighted by Crippen LogP contribution is -2.23. The lowest BCUT2D eigenvalue weighted by atomic mass is 10.2. The standard InChI is InChI=1S/C23H26N2O3S/c1-5-13-28-19-12-9-17(14-20(19)27-6-2)15-21-22(26)25(4)23(29-21)24-18-10-7-16(3)8-11-18/h7-12,14-15H,5-6,13H2,1-4H3/b21-15+,24-23?. The van der Waals surface area contributed by atoms with Crippen molar-refractivity contribution in [1.29, 1.82) is 0 Å². The van der Waals surface area contributed by atoms with E-state index in [1.165, 1.54) is 17.3 Å². The predicted molar refractivity (Wildman–Crippen MR) is 120 cm³/mol. The van der Waals surface area contributed by atoms with Crippen molar-refractivity contribution >= 4 is 34.6 Å². The molecule has 2 aromatic rings. The van der Waals surface area contributed by atoms with Gasteiger partial charge in [0.25, 0.3) is 5.91 Å². The molecule has 0 atom stereocenters. The SMILES string of the molecule is CCCOc1ccc(/C=C2/SC(=Nc3ccc(C)cc3)N(C)C2=O)cc1OCC. The molecule has 1 aliphatic heterocycles. The first-order chi connectivity index (χ1) is 14.0. The van der Waals surface area contributed by atoms with Gasteiger partial charge in [0, 0.05) is 7.05 Å². The molecule has 1 heterocycles. The molecule has 0 bridgehead atoms. The molecule has 3 rings (SSSR count). The summed E-state index contributed by atoms with van der Waals surface area (Å²) in [6.07, 6.45) is 2.80. The summed E-state index contributed by atoms with van der Waals surface area (Å²) in [7, 11) is 1.75. The highest BCUT2D eigenvalue weighted by atomic mass is 32.2. The van der Waals surface area contributed by atoms with Crippen LogP contribution in [0.15, 0.2) is 52.4 Å². The Morgan fingerprint density at radius 2 is 1.83 bits per heavy atom. The number of thioether (sulfide) groups is 1. The molecule has 5 nitrogen and oxygen atoms in total. The zero-order valence-electron chi connectivity index (χ0n) is 17.3. The highest BCUT2D eigenvalue weighted by Gasteiger charge is 2.30. The molecular formula is C23H26N2O3S. The minimum atomic E-state index is -0.0647. The Kier molecular flexibility index (Phi) is 6.99. The van der Waals surface area contributed by atoms with E-state index in [-0.39, 0.29) is 5.91 Å². The van der Waals surface area contributed by atoms with Gasteiger partial charge in [-0.05, 0) is 67.9 Å². The monoisotopic (exact) mass is 410 g/mol. The predicted octanol–water partition coefficient (Wildman–Crippen LogP) is 5.42. The second kappa shape index (κ2) is 9.65. The number of aryl methyl sites for hydroxylation is 1. The summed E-state index contributed by atoms with van der Waals surface area (Å²) in [6, 6.07) is 13.7. The highest BCUT2D eigenvalue weighted by Crippen LogP contribution is 2.35.